The van der Waals surface area contributed by atoms with E-state index in [-0.39, 0.29) is 11.9 Å². The van der Waals surface area contributed by atoms with Crippen LogP contribution in [0.15, 0.2) is 36.5 Å². The second kappa shape index (κ2) is 8.22. The van der Waals surface area contributed by atoms with Crippen LogP contribution in [0.4, 0.5) is 4.79 Å². The third-order valence-corrected chi connectivity index (χ3v) is 5.50. The van der Waals surface area contributed by atoms with Crippen molar-refractivity contribution in [3.05, 3.63) is 42.4 Å². The van der Waals surface area contributed by atoms with E-state index in [1.54, 1.807) is 37.7 Å². The van der Waals surface area contributed by atoms with Crippen molar-refractivity contribution in [1.82, 2.24) is 24.4 Å². The van der Waals surface area contributed by atoms with E-state index in [2.05, 4.69) is 0 Å². The number of piperidine rings is 1. The van der Waals surface area contributed by atoms with E-state index in [1.165, 1.54) is 0 Å². The van der Waals surface area contributed by atoms with Crippen LogP contribution in [0.25, 0.3) is 16.8 Å². The molecule has 1 saturated heterocycles. The smallest absolute Gasteiger partial charge is 0.319 e. The molecule has 1 aromatic carbocycles. The highest BCUT2D eigenvalue weighted by molar-refractivity contribution is 5.74. The number of aromatic nitrogens is 3. The number of amides is 2. The number of benzene rings is 1. The number of carbonyl (C=O) groups excluding carboxylic acids is 1. The predicted octanol–water partition coefficient (Wildman–Crippen LogP) is 3.27. The van der Waals surface area contributed by atoms with Gasteiger partial charge in [-0.3, -0.25) is 0 Å². The van der Waals surface area contributed by atoms with Gasteiger partial charge in [0.2, 0.25) is 0 Å². The van der Waals surface area contributed by atoms with E-state index < -0.39 is 0 Å². The lowest BCUT2D eigenvalue weighted by atomic mass is 9.98. The summed E-state index contributed by atoms with van der Waals surface area (Å²) in [4.78, 5) is 20.6. The Bertz CT molecular complexity index is 1060. The maximum Gasteiger partial charge on any atom is 0.319 e. The summed E-state index contributed by atoms with van der Waals surface area (Å²) < 4.78 is 12.8. The molecule has 8 nitrogen and oxygen atoms in total. The number of rotatable bonds is 4. The van der Waals surface area contributed by atoms with Crippen LogP contribution in [0.1, 0.15) is 24.6 Å². The van der Waals surface area contributed by atoms with Gasteiger partial charge in [-0.2, -0.15) is 5.10 Å². The highest BCUT2D eigenvalue weighted by atomic mass is 16.5. The van der Waals surface area contributed by atoms with Gasteiger partial charge in [-0.05, 0) is 31.0 Å². The molecule has 0 spiro atoms. The molecule has 158 valence electrons. The Balaban J connectivity index is 1.65. The zero-order valence-electron chi connectivity index (χ0n) is 17.8. The number of methoxy groups -OCH3 is 2. The number of ether oxygens (including phenoxy) is 2. The van der Waals surface area contributed by atoms with E-state index in [0.29, 0.717) is 18.0 Å². The molecule has 0 aliphatic carbocycles. The molecule has 1 fully saturated rings. The summed E-state index contributed by atoms with van der Waals surface area (Å²) in [5, 5.41) is 4.74. The molecular weight excluding hydrogens is 382 g/mol. The number of hydrogen-bond acceptors (Lipinski definition) is 5. The van der Waals surface area contributed by atoms with Crippen LogP contribution in [0.5, 0.6) is 11.5 Å². The van der Waals surface area contributed by atoms with E-state index in [9.17, 15) is 4.79 Å². The first kappa shape index (κ1) is 20.0. The van der Waals surface area contributed by atoms with Crippen molar-refractivity contribution in [2.45, 2.75) is 18.8 Å². The molecule has 1 aliphatic heterocycles. The highest BCUT2D eigenvalue weighted by Gasteiger charge is 2.28. The molecule has 0 radical (unpaired) electrons. The number of para-hydroxylation sites is 1. The van der Waals surface area contributed by atoms with Gasteiger partial charge in [-0.15, -0.1) is 0 Å². The van der Waals surface area contributed by atoms with Crippen LogP contribution in [-0.4, -0.2) is 71.8 Å². The van der Waals surface area contributed by atoms with Gasteiger partial charge in [0, 0.05) is 50.4 Å². The number of nitrogens with zero attached hydrogens (tertiary/aromatic N) is 5. The summed E-state index contributed by atoms with van der Waals surface area (Å²) in [7, 11) is 6.83. The largest absolute Gasteiger partial charge is 0.493 e. The summed E-state index contributed by atoms with van der Waals surface area (Å²) in [5.74, 6) is 2.28. The van der Waals surface area contributed by atoms with Crippen molar-refractivity contribution in [3.63, 3.8) is 0 Å². The van der Waals surface area contributed by atoms with Crippen molar-refractivity contribution in [2.75, 3.05) is 41.4 Å². The lowest BCUT2D eigenvalue weighted by molar-refractivity contribution is 0.153. The molecule has 1 atom stereocenters. The van der Waals surface area contributed by atoms with E-state index in [1.807, 2.05) is 41.4 Å². The van der Waals surface area contributed by atoms with Gasteiger partial charge in [0.05, 0.1) is 14.2 Å². The molecule has 8 heteroatoms. The molecule has 0 saturated carbocycles. The quantitative estimate of drug-likeness (QED) is 0.661. The number of pyridine rings is 1. The Morgan fingerprint density at radius 2 is 2.00 bits per heavy atom. The van der Waals surface area contributed by atoms with Gasteiger partial charge < -0.3 is 19.3 Å². The molecule has 1 aliphatic rings. The molecule has 0 unspecified atom stereocenters. The first-order valence-corrected chi connectivity index (χ1v) is 10.1. The fourth-order valence-corrected chi connectivity index (χ4v) is 3.99. The zero-order valence-corrected chi connectivity index (χ0v) is 17.8. The fraction of sp³-hybridized carbons (Fsp3) is 0.409. The molecule has 30 heavy (non-hydrogen) atoms. The normalized spacial score (nSPS) is 16.5. The van der Waals surface area contributed by atoms with Gasteiger partial charge in [-0.25, -0.2) is 14.3 Å². The lowest BCUT2D eigenvalue weighted by Gasteiger charge is -2.33. The standard InChI is InChI=1S/C22H27N5O3/c1-25(2)22(28)26-12-6-7-16(13-26)21-23-19-11-10-15(14-27(19)24-21)17-8-5-9-18(29-3)20(17)30-4/h5,8-11,14,16H,6-7,12-13H2,1-4H3/t16-/m1/s1. The Morgan fingerprint density at radius 1 is 1.17 bits per heavy atom. The maximum absolute atomic E-state index is 12.3. The van der Waals surface area contributed by atoms with Crippen LogP contribution in [-0.2, 0) is 0 Å². The van der Waals surface area contributed by atoms with Crippen molar-refractivity contribution in [1.29, 1.82) is 0 Å². The summed E-state index contributed by atoms with van der Waals surface area (Å²) in [6.45, 7) is 1.42. The monoisotopic (exact) mass is 409 g/mol. The first-order valence-electron chi connectivity index (χ1n) is 10.1. The Kier molecular flexibility index (Phi) is 5.48. The second-order valence-corrected chi connectivity index (χ2v) is 7.69. The van der Waals surface area contributed by atoms with Crippen molar-refractivity contribution < 1.29 is 14.3 Å². The van der Waals surface area contributed by atoms with Crippen LogP contribution >= 0.6 is 0 Å². The Hall–Kier alpha value is -3.29. The minimum absolute atomic E-state index is 0.0378. The van der Waals surface area contributed by atoms with Gasteiger partial charge in [0.1, 0.15) is 0 Å². The molecule has 4 rings (SSSR count). The summed E-state index contributed by atoms with van der Waals surface area (Å²) in [6, 6.07) is 9.80. The third-order valence-electron chi connectivity index (χ3n) is 5.50. The Morgan fingerprint density at radius 3 is 2.73 bits per heavy atom. The number of likely N-dealkylation sites (tertiary alicyclic amines) is 1. The molecule has 3 heterocycles. The van der Waals surface area contributed by atoms with Crippen LogP contribution in [0.3, 0.4) is 0 Å². The van der Waals surface area contributed by atoms with Crippen molar-refractivity contribution in [3.8, 4) is 22.6 Å². The first-order chi connectivity index (χ1) is 14.5. The highest BCUT2D eigenvalue weighted by Crippen LogP contribution is 2.37. The number of fused-ring (bicyclic) bond motifs is 1. The molecule has 0 bridgehead atoms. The topological polar surface area (TPSA) is 72.2 Å². The number of urea groups is 1. The minimum atomic E-state index is 0.0378. The lowest BCUT2D eigenvalue weighted by Crippen LogP contribution is -2.44. The zero-order chi connectivity index (χ0) is 21.3. The third kappa shape index (κ3) is 3.65. The van der Waals surface area contributed by atoms with Crippen LogP contribution in [0.2, 0.25) is 0 Å². The van der Waals surface area contributed by atoms with Crippen molar-refractivity contribution in [2.24, 2.45) is 0 Å². The fourth-order valence-electron chi connectivity index (χ4n) is 3.99. The van der Waals surface area contributed by atoms with Crippen LogP contribution in [0, 0.1) is 0 Å². The van der Waals surface area contributed by atoms with Crippen LogP contribution < -0.4 is 9.47 Å². The Labute approximate surface area is 176 Å². The SMILES string of the molecule is COc1cccc(-c2ccc3nc([C@@H]4CCCN(C(=O)N(C)C)C4)nn3c2)c1OC. The minimum Gasteiger partial charge on any atom is -0.493 e. The van der Waals surface area contributed by atoms with Crippen molar-refractivity contribution >= 4 is 11.7 Å². The van der Waals surface area contributed by atoms with E-state index >= 15 is 0 Å². The van der Waals surface area contributed by atoms with Gasteiger partial charge in [0.25, 0.3) is 0 Å². The average molecular weight is 409 g/mol. The number of hydrogen-bond donors (Lipinski definition) is 0. The summed E-state index contributed by atoms with van der Waals surface area (Å²) in [6.07, 6.45) is 3.88. The average Bonchev–Trinajstić information content (AvgIpc) is 3.21. The molecular formula is C22H27N5O3. The predicted molar refractivity (Wildman–Crippen MR) is 114 cm³/mol. The summed E-state index contributed by atoms with van der Waals surface area (Å²) >= 11 is 0. The van der Waals surface area contributed by atoms with E-state index in [4.69, 9.17) is 19.6 Å². The molecule has 3 aromatic rings. The second-order valence-electron chi connectivity index (χ2n) is 7.69. The summed E-state index contributed by atoms with van der Waals surface area (Å²) in [5.41, 5.74) is 2.67. The molecule has 2 amide bonds. The van der Waals surface area contributed by atoms with Gasteiger partial charge in [0.15, 0.2) is 23.0 Å². The maximum atomic E-state index is 12.3. The number of carbonyl (C=O) groups is 1. The van der Waals surface area contributed by atoms with Gasteiger partial charge in [-0.1, -0.05) is 12.1 Å². The van der Waals surface area contributed by atoms with Gasteiger partial charge >= 0.3 is 6.03 Å². The van der Waals surface area contributed by atoms with E-state index in [0.717, 1.165) is 42.0 Å². The molecule has 2 aromatic heterocycles. The molecule has 0 N–H and O–H groups in total.